The molecule has 84 valence electrons. The summed E-state index contributed by atoms with van der Waals surface area (Å²) in [6.45, 7) is 5.81. The van der Waals surface area contributed by atoms with E-state index in [0.29, 0.717) is 19.6 Å². The number of nitrogens with one attached hydrogen (secondary N) is 1. The van der Waals surface area contributed by atoms with Gasteiger partial charge in [-0.25, -0.2) is 0 Å². The molecule has 1 unspecified atom stereocenters. The number of carbonyl (C=O) groups excluding carboxylic acids is 1. The van der Waals surface area contributed by atoms with Crippen LogP contribution in [0.25, 0.3) is 10.4 Å². The summed E-state index contributed by atoms with van der Waals surface area (Å²) in [5.41, 5.74) is 8.18. The number of hydrogen-bond acceptors (Lipinski definition) is 3. The Bertz CT molecular complexity index is 268. The maximum Gasteiger partial charge on any atom is 0.234 e. The summed E-state index contributed by atoms with van der Waals surface area (Å²) in [7, 11) is 0. The van der Waals surface area contributed by atoms with E-state index in [1.165, 1.54) is 0 Å². The van der Waals surface area contributed by atoms with Crippen molar-refractivity contribution >= 4 is 5.91 Å². The minimum Gasteiger partial charge on any atom is -0.353 e. The molecule has 1 fully saturated rings. The van der Waals surface area contributed by atoms with Crippen molar-refractivity contribution in [1.29, 1.82) is 0 Å². The van der Waals surface area contributed by atoms with Gasteiger partial charge in [0.25, 0.3) is 0 Å². The Labute approximate surface area is 89.3 Å². The Balaban J connectivity index is 2.16. The standard InChI is InChI=1S/C9H17N5O/c1-3-7(2)11-9(15)6-14-4-8(5-14)12-13-10/h7-8H,3-6H2,1-2H3,(H,11,15). The monoisotopic (exact) mass is 211 g/mol. The first-order valence-electron chi connectivity index (χ1n) is 5.21. The second-order valence-corrected chi connectivity index (χ2v) is 3.93. The van der Waals surface area contributed by atoms with Crippen molar-refractivity contribution in [2.45, 2.75) is 32.4 Å². The lowest BCUT2D eigenvalue weighted by Crippen LogP contribution is -2.53. The number of carbonyl (C=O) groups is 1. The quantitative estimate of drug-likeness (QED) is 0.416. The Morgan fingerprint density at radius 1 is 1.73 bits per heavy atom. The third-order valence-corrected chi connectivity index (χ3v) is 2.54. The Hall–Kier alpha value is -1.26. The van der Waals surface area contributed by atoms with Crippen LogP contribution in [-0.4, -0.2) is 42.5 Å². The molecule has 6 heteroatoms. The lowest BCUT2D eigenvalue weighted by atomic mass is 10.1. The summed E-state index contributed by atoms with van der Waals surface area (Å²) in [6, 6.07) is 0.276. The molecule has 1 atom stereocenters. The van der Waals surface area contributed by atoms with Gasteiger partial charge in [-0.1, -0.05) is 12.0 Å². The van der Waals surface area contributed by atoms with E-state index in [9.17, 15) is 4.79 Å². The van der Waals surface area contributed by atoms with Crippen LogP contribution < -0.4 is 5.32 Å². The van der Waals surface area contributed by atoms with Gasteiger partial charge in [0.2, 0.25) is 5.91 Å². The van der Waals surface area contributed by atoms with Gasteiger partial charge in [-0.15, -0.1) is 0 Å². The van der Waals surface area contributed by atoms with Crippen molar-refractivity contribution in [3.05, 3.63) is 10.4 Å². The van der Waals surface area contributed by atoms with Crippen molar-refractivity contribution in [2.75, 3.05) is 19.6 Å². The predicted molar refractivity (Wildman–Crippen MR) is 57.3 cm³/mol. The topological polar surface area (TPSA) is 81.1 Å². The SMILES string of the molecule is CCC(C)NC(=O)CN1CC(N=[N+]=[N-])C1. The molecule has 0 aliphatic carbocycles. The first-order chi connectivity index (χ1) is 7.15. The van der Waals surface area contributed by atoms with Crippen molar-refractivity contribution in [3.63, 3.8) is 0 Å². The highest BCUT2D eigenvalue weighted by Gasteiger charge is 2.27. The number of nitrogens with zero attached hydrogens (tertiary/aromatic N) is 4. The van der Waals surface area contributed by atoms with Crippen LogP contribution in [0, 0.1) is 0 Å². The van der Waals surface area contributed by atoms with E-state index in [1.54, 1.807) is 0 Å². The van der Waals surface area contributed by atoms with E-state index in [0.717, 1.165) is 6.42 Å². The van der Waals surface area contributed by atoms with Crippen LogP contribution >= 0.6 is 0 Å². The summed E-state index contributed by atoms with van der Waals surface area (Å²) in [5, 5.41) is 6.46. The van der Waals surface area contributed by atoms with Crippen molar-refractivity contribution in [1.82, 2.24) is 10.2 Å². The molecule has 0 bridgehead atoms. The third-order valence-electron chi connectivity index (χ3n) is 2.54. The second kappa shape index (κ2) is 5.58. The molecule has 1 aliphatic heterocycles. The van der Waals surface area contributed by atoms with E-state index in [1.807, 2.05) is 18.7 Å². The molecule has 1 rings (SSSR count). The zero-order chi connectivity index (χ0) is 11.3. The molecular formula is C9H17N5O. The molecular weight excluding hydrogens is 194 g/mol. The normalized spacial score (nSPS) is 18.8. The average Bonchev–Trinajstić information content (AvgIpc) is 2.14. The zero-order valence-electron chi connectivity index (χ0n) is 9.18. The summed E-state index contributed by atoms with van der Waals surface area (Å²) in [6.07, 6.45) is 0.938. The number of hydrogen-bond donors (Lipinski definition) is 1. The maximum absolute atomic E-state index is 11.4. The molecule has 0 aromatic rings. The van der Waals surface area contributed by atoms with Gasteiger partial charge in [0, 0.05) is 24.0 Å². The van der Waals surface area contributed by atoms with Crippen LogP contribution in [0.1, 0.15) is 20.3 Å². The van der Waals surface area contributed by atoms with E-state index in [2.05, 4.69) is 15.3 Å². The largest absolute Gasteiger partial charge is 0.353 e. The Morgan fingerprint density at radius 2 is 2.40 bits per heavy atom. The van der Waals surface area contributed by atoms with Crippen LogP contribution in [-0.2, 0) is 4.79 Å². The average molecular weight is 211 g/mol. The first kappa shape index (κ1) is 11.8. The minimum absolute atomic E-state index is 0.0451. The fourth-order valence-electron chi connectivity index (χ4n) is 1.44. The van der Waals surface area contributed by atoms with Gasteiger partial charge < -0.3 is 5.32 Å². The summed E-state index contributed by atoms with van der Waals surface area (Å²) in [4.78, 5) is 16.1. The molecule has 0 radical (unpaired) electrons. The first-order valence-corrected chi connectivity index (χ1v) is 5.21. The van der Waals surface area contributed by atoms with Gasteiger partial charge >= 0.3 is 0 Å². The lowest BCUT2D eigenvalue weighted by molar-refractivity contribution is -0.123. The number of likely N-dealkylation sites (tertiary alicyclic amines) is 1. The highest BCUT2D eigenvalue weighted by molar-refractivity contribution is 5.78. The van der Waals surface area contributed by atoms with E-state index < -0.39 is 0 Å². The van der Waals surface area contributed by atoms with E-state index in [4.69, 9.17) is 5.53 Å². The number of amides is 1. The zero-order valence-corrected chi connectivity index (χ0v) is 9.18. The Kier molecular flexibility index (Phi) is 4.39. The molecule has 6 nitrogen and oxygen atoms in total. The fraction of sp³-hybridized carbons (Fsp3) is 0.889. The summed E-state index contributed by atoms with van der Waals surface area (Å²) < 4.78 is 0. The summed E-state index contributed by atoms with van der Waals surface area (Å²) >= 11 is 0. The molecule has 1 saturated heterocycles. The number of azide groups is 1. The van der Waals surface area contributed by atoms with Crippen LogP contribution in [0.2, 0.25) is 0 Å². The third kappa shape index (κ3) is 3.77. The molecule has 15 heavy (non-hydrogen) atoms. The molecule has 1 N–H and O–H groups in total. The smallest absolute Gasteiger partial charge is 0.234 e. The molecule has 0 aromatic heterocycles. The van der Waals surface area contributed by atoms with Crippen molar-refractivity contribution < 1.29 is 4.79 Å². The highest BCUT2D eigenvalue weighted by Crippen LogP contribution is 2.10. The highest BCUT2D eigenvalue weighted by atomic mass is 16.2. The van der Waals surface area contributed by atoms with E-state index in [-0.39, 0.29) is 18.0 Å². The van der Waals surface area contributed by atoms with Gasteiger partial charge in [-0.05, 0) is 18.9 Å². The molecule has 0 saturated carbocycles. The van der Waals surface area contributed by atoms with Crippen LogP contribution in [0.4, 0.5) is 0 Å². The fourth-order valence-corrected chi connectivity index (χ4v) is 1.44. The minimum atomic E-state index is 0.0451. The van der Waals surface area contributed by atoms with Gasteiger partial charge in [0.15, 0.2) is 0 Å². The molecule has 1 amide bonds. The molecule has 1 aliphatic rings. The van der Waals surface area contributed by atoms with Gasteiger partial charge in [-0.3, -0.25) is 9.69 Å². The van der Waals surface area contributed by atoms with Crippen LogP contribution in [0.5, 0.6) is 0 Å². The van der Waals surface area contributed by atoms with Crippen LogP contribution in [0.3, 0.4) is 0 Å². The van der Waals surface area contributed by atoms with Crippen molar-refractivity contribution in [3.8, 4) is 0 Å². The Morgan fingerprint density at radius 3 is 2.93 bits per heavy atom. The van der Waals surface area contributed by atoms with Gasteiger partial charge in [-0.2, -0.15) is 0 Å². The predicted octanol–water partition coefficient (Wildman–Crippen LogP) is 0.896. The molecule has 0 spiro atoms. The maximum atomic E-state index is 11.4. The van der Waals surface area contributed by atoms with Crippen LogP contribution in [0.15, 0.2) is 5.11 Å². The second-order valence-electron chi connectivity index (χ2n) is 3.93. The van der Waals surface area contributed by atoms with Gasteiger partial charge in [0.1, 0.15) is 0 Å². The number of rotatable bonds is 5. The lowest BCUT2D eigenvalue weighted by Gasteiger charge is -2.35. The van der Waals surface area contributed by atoms with E-state index >= 15 is 0 Å². The molecule has 0 aromatic carbocycles. The summed E-state index contributed by atoms with van der Waals surface area (Å²) in [5.74, 6) is 0.0451. The van der Waals surface area contributed by atoms with Crippen molar-refractivity contribution in [2.24, 2.45) is 5.11 Å². The van der Waals surface area contributed by atoms with Gasteiger partial charge in [0.05, 0.1) is 12.6 Å². The molecule has 1 heterocycles.